The number of nitrogens with zero attached hydrogens (tertiary/aromatic N) is 1. The number of amides is 4. The van der Waals surface area contributed by atoms with Crippen molar-refractivity contribution in [1.82, 2.24) is 5.32 Å². The molecule has 0 aliphatic carbocycles. The van der Waals surface area contributed by atoms with Crippen molar-refractivity contribution >= 4 is 45.5 Å². The maximum Gasteiger partial charge on any atom is 0.335 e. The molecule has 1 aliphatic heterocycles. The van der Waals surface area contributed by atoms with Crippen LogP contribution < -0.4 is 15.0 Å². The number of barbiturate groups is 1. The topological polar surface area (TPSA) is 95.9 Å². The van der Waals surface area contributed by atoms with Crippen LogP contribution in [0.25, 0.3) is 6.08 Å². The summed E-state index contributed by atoms with van der Waals surface area (Å²) >= 11 is 3.28. The van der Waals surface area contributed by atoms with Crippen LogP contribution in [0.3, 0.4) is 0 Å². The molecule has 2 aromatic carbocycles. The number of urea groups is 1. The molecule has 1 fully saturated rings. The molecule has 7 nitrogen and oxygen atoms in total. The van der Waals surface area contributed by atoms with E-state index in [4.69, 9.17) is 4.74 Å². The number of halogens is 1. The van der Waals surface area contributed by atoms with E-state index >= 15 is 0 Å². The minimum atomic E-state index is -0.842. The molecule has 132 valence electrons. The molecular formula is C18H13BrN2O5. The smallest absolute Gasteiger partial charge is 0.335 e. The van der Waals surface area contributed by atoms with Gasteiger partial charge in [-0.1, -0.05) is 34.1 Å². The predicted molar refractivity (Wildman–Crippen MR) is 97.8 cm³/mol. The quantitative estimate of drug-likeness (QED) is 0.592. The average molecular weight is 417 g/mol. The number of ether oxygens (including phenoxy) is 1. The summed E-state index contributed by atoms with van der Waals surface area (Å²) in [4.78, 5) is 37.9. The molecule has 8 heteroatoms. The molecule has 1 heterocycles. The Bertz CT molecular complexity index is 954. The van der Waals surface area contributed by atoms with Gasteiger partial charge in [-0.2, -0.15) is 0 Å². The third-order valence-corrected chi connectivity index (χ3v) is 4.21. The highest BCUT2D eigenvalue weighted by molar-refractivity contribution is 9.10. The van der Waals surface area contributed by atoms with Gasteiger partial charge in [-0.3, -0.25) is 14.9 Å². The summed E-state index contributed by atoms with van der Waals surface area (Å²) in [7, 11) is 1.39. The summed E-state index contributed by atoms with van der Waals surface area (Å²) in [5.74, 6) is -1.65. The molecule has 0 radical (unpaired) electrons. The fraction of sp³-hybridized carbons (Fsp3) is 0.0556. The number of carbonyl (C=O) groups excluding carboxylic acids is 3. The number of hydrogen-bond donors (Lipinski definition) is 2. The molecule has 1 saturated heterocycles. The van der Waals surface area contributed by atoms with Crippen LogP contribution in [-0.4, -0.2) is 30.1 Å². The molecule has 0 saturated carbocycles. The number of aromatic hydroxyl groups is 1. The largest absolute Gasteiger partial charge is 0.504 e. The highest BCUT2D eigenvalue weighted by Gasteiger charge is 2.37. The molecule has 0 spiro atoms. The number of methoxy groups -OCH3 is 1. The number of nitrogens with one attached hydrogen (secondary N) is 1. The molecule has 26 heavy (non-hydrogen) atoms. The van der Waals surface area contributed by atoms with Gasteiger partial charge in [0.15, 0.2) is 11.5 Å². The maximum atomic E-state index is 12.8. The monoisotopic (exact) mass is 416 g/mol. The Morgan fingerprint density at radius 3 is 2.58 bits per heavy atom. The number of rotatable bonds is 3. The highest BCUT2D eigenvalue weighted by atomic mass is 79.9. The van der Waals surface area contributed by atoms with Crippen molar-refractivity contribution in [3.05, 3.63) is 58.1 Å². The van der Waals surface area contributed by atoms with Gasteiger partial charge >= 0.3 is 6.03 Å². The minimum Gasteiger partial charge on any atom is -0.504 e. The molecule has 2 N–H and O–H groups in total. The molecule has 3 rings (SSSR count). The summed E-state index contributed by atoms with van der Waals surface area (Å²) in [5, 5.41) is 12.3. The van der Waals surface area contributed by atoms with Crippen molar-refractivity contribution in [2.45, 2.75) is 0 Å². The molecule has 4 amide bonds. The van der Waals surface area contributed by atoms with E-state index in [0.29, 0.717) is 10.2 Å². The van der Waals surface area contributed by atoms with E-state index in [9.17, 15) is 19.5 Å². The van der Waals surface area contributed by atoms with Crippen molar-refractivity contribution in [3.8, 4) is 11.5 Å². The number of benzene rings is 2. The zero-order valence-electron chi connectivity index (χ0n) is 13.5. The van der Waals surface area contributed by atoms with Crippen LogP contribution >= 0.6 is 15.9 Å². The number of para-hydroxylation sites is 1. The van der Waals surface area contributed by atoms with E-state index in [2.05, 4.69) is 21.2 Å². The van der Waals surface area contributed by atoms with Crippen molar-refractivity contribution < 1.29 is 24.2 Å². The van der Waals surface area contributed by atoms with Gasteiger partial charge in [-0.15, -0.1) is 0 Å². The Labute approximate surface area is 157 Å². The van der Waals surface area contributed by atoms with Crippen LogP contribution in [0.5, 0.6) is 11.5 Å². The molecule has 0 aromatic heterocycles. The third-order valence-electron chi connectivity index (χ3n) is 3.72. The van der Waals surface area contributed by atoms with Crippen molar-refractivity contribution in [2.75, 3.05) is 12.0 Å². The lowest BCUT2D eigenvalue weighted by Gasteiger charge is -2.26. The first-order chi connectivity index (χ1) is 12.4. The van der Waals surface area contributed by atoms with Gasteiger partial charge in [-0.05, 0) is 30.3 Å². The van der Waals surface area contributed by atoms with Crippen LogP contribution in [0.1, 0.15) is 5.56 Å². The Hall–Kier alpha value is -3.13. The van der Waals surface area contributed by atoms with Crippen LogP contribution in [0.4, 0.5) is 10.5 Å². The number of hydrogen-bond acceptors (Lipinski definition) is 5. The second-order valence-corrected chi connectivity index (χ2v) is 6.25. The van der Waals surface area contributed by atoms with Gasteiger partial charge in [0.2, 0.25) is 0 Å². The van der Waals surface area contributed by atoms with Crippen LogP contribution in [-0.2, 0) is 9.59 Å². The summed E-state index contributed by atoms with van der Waals surface area (Å²) in [5.41, 5.74) is 0.231. The lowest BCUT2D eigenvalue weighted by atomic mass is 10.1. The molecule has 0 bridgehead atoms. The second kappa shape index (κ2) is 7.01. The number of imide groups is 2. The maximum absolute atomic E-state index is 12.8. The van der Waals surface area contributed by atoms with Crippen LogP contribution in [0.15, 0.2) is 52.5 Å². The summed E-state index contributed by atoms with van der Waals surface area (Å²) < 4.78 is 5.68. The summed E-state index contributed by atoms with van der Waals surface area (Å²) in [6, 6.07) is 10.4. The van der Waals surface area contributed by atoms with Gasteiger partial charge in [0, 0.05) is 10.0 Å². The van der Waals surface area contributed by atoms with Crippen molar-refractivity contribution in [2.24, 2.45) is 0 Å². The normalized spacial score (nSPS) is 16.0. The van der Waals surface area contributed by atoms with E-state index in [0.717, 1.165) is 4.90 Å². The Kier molecular flexibility index (Phi) is 4.77. The van der Waals surface area contributed by atoms with E-state index in [1.54, 1.807) is 30.3 Å². The van der Waals surface area contributed by atoms with E-state index in [-0.39, 0.29) is 22.6 Å². The van der Waals surface area contributed by atoms with E-state index < -0.39 is 17.8 Å². The standard InChI is InChI=1S/C18H13BrN2O5/c1-26-14-7-2-4-10(15(14)22)8-13-16(23)20-18(25)21(17(13)24)12-6-3-5-11(19)9-12/h2-9,22H,1H3,(H,20,23,25)/b13-8+. The van der Waals surface area contributed by atoms with Crippen LogP contribution in [0, 0.1) is 0 Å². The minimum absolute atomic E-state index is 0.197. The van der Waals surface area contributed by atoms with E-state index in [1.165, 1.54) is 25.3 Å². The SMILES string of the molecule is COc1cccc(/C=C2\C(=O)NC(=O)N(c3cccc(Br)c3)C2=O)c1O. The summed E-state index contributed by atoms with van der Waals surface area (Å²) in [6.07, 6.45) is 1.22. The predicted octanol–water partition coefficient (Wildman–Crippen LogP) is 2.83. The number of anilines is 1. The van der Waals surface area contributed by atoms with Gasteiger partial charge < -0.3 is 9.84 Å². The lowest BCUT2D eigenvalue weighted by Crippen LogP contribution is -2.54. The number of phenols is 1. The van der Waals surface area contributed by atoms with Crippen molar-refractivity contribution in [3.63, 3.8) is 0 Å². The highest BCUT2D eigenvalue weighted by Crippen LogP contribution is 2.32. The van der Waals surface area contributed by atoms with Gasteiger partial charge in [-0.25, -0.2) is 9.69 Å². The van der Waals surface area contributed by atoms with E-state index in [1.807, 2.05) is 0 Å². The Morgan fingerprint density at radius 1 is 1.15 bits per heavy atom. The van der Waals surface area contributed by atoms with Gasteiger partial charge in [0.05, 0.1) is 12.8 Å². The first-order valence-corrected chi connectivity index (χ1v) is 8.24. The van der Waals surface area contributed by atoms with Crippen molar-refractivity contribution in [1.29, 1.82) is 0 Å². The zero-order chi connectivity index (χ0) is 18.8. The van der Waals surface area contributed by atoms with Crippen LogP contribution in [0.2, 0.25) is 0 Å². The molecular weight excluding hydrogens is 404 g/mol. The zero-order valence-corrected chi connectivity index (χ0v) is 15.1. The fourth-order valence-corrected chi connectivity index (χ4v) is 2.87. The molecule has 0 atom stereocenters. The molecule has 2 aromatic rings. The molecule has 0 unspecified atom stereocenters. The number of carbonyl (C=O) groups is 3. The first-order valence-electron chi connectivity index (χ1n) is 7.45. The van der Waals surface area contributed by atoms with Gasteiger partial charge in [0.1, 0.15) is 5.57 Å². The number of phenolic OH excluding ortho intramolecular Hbond substituents is 1. The Balaban J connectivity index is 2.06. The third kappa shape index (κ3) is 3.18. The fourth-order valence-electron chi connectivity index (χ4n) is 2.48. The van der Waals surface area contributed by atoms with Gasteiger partial charge in [0.25, 0.3) is 11.8 Å². The molecule has 1 aliphatic rings. The Morgan fingerprint density at radius 2 is 1.88 bits per heavy atom. The average Bonchev–Trinajstić information content (AvgIpc) is 2.60. The summed E-state index contributed by atoms with van der Waals surface area (Å²) in [6.45, 7) is 0. The lowest BCUT2D eigenvalue weighted by molar-refractivity contribution is -0.122. The first kappa shape index (κ1) is 17.7. The second-order valence-electron chi connectivity index (χ2n) is 5.34.